The van der Waals surface area contributed by atoms with Crippen LogP contribution in [0.2, 0.25) is 0 Å². The summed E-state index contributed by atoms with van der Waals surface area (Å²) in [6.07, 6.45) is 3.76. The number of fused-ring (bicyclic) bond motifs is 1. The first kappa shape index (κ1) is 14.1. The first-order valence-electron chi connectivity index (χ1n) is 7.60. The number of aryl methyl sites for hydroxylation is 1. The molecule has 2 aromatic heterocycles. The van der Waals surface area contributed by atoms with Crippen LogP contribution in [0.15, 0.2) is 42.7 Å². The number of aliphatic hydroxyl groups is 1. The molecule has 0 bridgehead atoms. The van der Waals surface area contributed by atoms with E-state index in [0.717, 1.165) is 22.3 Å². The Hall–Kier alpha value is -2.47. The average Bonchev–Trinajstić information content (AvgIpc) is 3.12. The van der Waals surface area contributed by atoms with Crippen LogP contribution in [-0.4, -0.2) is 32.5 Å². The lowest BCUT2D eigenvalue weighted by atomic mass is 10.0. The van der Waals surface area contributed by atoms with E-state index in [1.54, 1.807) is 29.2 Å². The van der Waals surface area contributed by atoms with E-state index < -0.39 is 6.10 Å². The van der Waals surface area contributed by atoms with Gasteiger partial charge in [0.1, 0.15) is 5.82 Å². The Bertz CT molecular complexity index is 845. The van der Waals surface area contributed by atoms with E-state index >= 15 is 0 Å². The lowest BCUT2D eigenvalue weighted by Crippen LogP contribution is -2.24. The van der Waals surface area contributed by atoms with Crippen LogP contribution in [0.3, 0.4) is 0 Å². The van der Waals surface area contributed by atoms with Gasteiger partial charge in [0.05, 0.1) is 29.4 Å². The van der Waals surface area contributed by atoms with Gasteiger partial charge >= 0.3 is 0 Å². The standard InChI is InChI=1S/C17H17FN4O/c1-21-17-14(9-20-21)15(6-7-19-17)22-10-13(23)8-16(22)11-2-4-12(18)5-3-11/h2-7,9,13,16,23H,8,10H2,1H3/t13-,16-/m0/s1. The van der Waals surface area contributed by atoms with Crippen molar-refractivity contribution < 1.29 is 9.50 Å². The number of nitrogens with zero attached hydrogens (tertiary/aromatic N) is 4. The Kier molecular flexibility index (Phi) is 3.27. The third-order valence-corrected chi connectivity index (χ3v) is 4.46. The molecular weight excluding hydrogens is 295 g/mol. The van der Waals surface area contributed by atoms with Crippen molar-refractivity contribution in [2.45, 2.75) is 18.6 Å². The van der Waals surface area contributed by atoms with E-state index in [2.05, 4.69) is 15.0 Å². The Morgan fingerprint density at radius 2 is 2.00 bits per heavy atom. The zero-order chi connectivity index (χ0) is 16.0. The van der Waals surface area contributed by atoms with Gasteiger partial charge in [0.25, 0.3) is 0 Å². The SMILES string of the molecule is Cn1ncc2c(N3C[C@@H](O)C[C@H]3c3ccc(F)cc3)ccnc21. The molecule has 5 nitrogen and oxygen atoms in total. The molecule has 2 atom stereocenters. The second-order valence-electron chi connectivity index (χ2n) is 5.94. The molecule has 0 radical (unpaired) electrons. The van der Waals surface area contributed by atoms with Crippen molar-refractivity contribution in [3.63, 3.8) is 0 Å². The van der Waals surface area contributed by atoms with Gasteiger partial charge in [-0.2, -0.15) is 5.10 Å². The van der Waals surface area contributed by atoms with Crippen LogP contribution in [0.5, 0.6) is 0 Å². The summed E-state index contributed by atoms with van der Waals surface area (Å²) in [6, 6.07) is 8.45. The van der Waals surface area contributed by atoms with Crippen LogP contribution in [-0.2, 0) is 7.05 Å². The van der Waals surface area contributed by atoms with E-state index in [1.807, 2.05) is 13.1 Å². The second kappa shape index (κ2) is 5.31. The zero-order valence-electron chi connectivity index (χ0n) is 12.7. The van der Waals surface area contributed by atoms with Crippen LogP contribution in [0, 0.1) is 5.82 Å². The molecule has 0 spiro atoms. The molecular formula is C17H17FN4O. The summed E-state index contributed by atoms with van der Waals surface area (Å²) < 4.78 is 14.9. The number of benzene rings is 1. The third kappa shape index (κ3) is 2.35. The van der Waals surface area contributed by atoms with E-state index in [1.165, 1.54) is 12.1 Å². The molecule has 3 aromatic rings. The minimum atomic E-state index is -0.412. The maximum atomic E-state index is 13.2. The predicted octanol–water partition coefficient (Wildman–Crippen LogP) is 2.42. The molecule has 23 heavy (non-hydrogen) atoms. The number of anilines is 1. The minimum absolute atomic E-state index is 0.0106. The van der Waals surface area contributed by atoms with Gasteiger partial charge in [-0.25, -0.2) is 9.37 Å². The van der Waals surface area contributed by atoms with Crippen molar-refractivity contribution in [1.82, 2.24) is 14.8 Å². The number of β-amino-alcohol motifs (C(OH)–C–C–N with tert-alkyl or cyclic N) is 1. The molecule has 0 saturated carbocycles. The Balaban J connectivity index is 1.80. The fraction of sp³-hybridized carbons (Fsp3) is 0.294. The number of rotatable bonds is 2. The molecule has 4 rings (SSSR count). The molecule has 1 N–H and O–H groups in total. The number of aliphatic hydroxyl groups excluding tert-OH is 1. The molecule has 0 amide bonds. The molecule has 1 saturated heterocycles. The molecule has 6 heteroatoms. The van der Waals surface area contributed by atoms with Gasteiger partial charge in [-0.15, -0.1) is 0 Å². The van der Waals surface area contributed by atoms with Crippen LogP contribution in [0.4, 0.5) is 10.1 Å². The number of hydrogen-bond acceptors (Lipinski definition) is 4. The average molecular weight is 312 g/mol. The van der Waals surface area contributed by atoms with Crippen molar-refractivity contribution in [3.8, 4) is 0 Å². The second-order valence-corrected chi connectivity index (χ2v) is 5.94. The largest absolute Gasteiger partial charge is 0.391 e. The normalized spacial score (nSPS) is 21.3. The summed E-state index contributed by atoms with van der Waals surface area (Å²) in [7, 11) is 1.86. The van der Waals surface area contributed by atoms with E-state index in [4.69, 9.17) is 0 Å². The number of pyridine rings is 1. The van der Waals surface area contributed by atoms with Gasteiger partial charge in [0, 0.05) is 19.8 Å². The Morgan fingerprint density at radius 3 is 2.78 bits per heavy atom. The highest BCUT2D eigenvalue weighted by Gasteiger charge is 2.33. The Labute approximate surface area is 133 Å². The minimum Gasteiger partial charge on any atom is -0.391 e. The number of aromatic nitrogens is 3. The van der Waals surface area contributed by atoms with Gasteiger partial charge in [-0.1, -0.05) is 12.1 Å². The molecule has 0 aliphatic carbocycles. The molecule has 1 fully saturated rings. The lowest BCUT2D eigenvalue weighted by molar-refractivity contribution is 0.194. The smallest absolute Gasteiger partial charge is 0.159 e. The quantitative estimate of drug-likeness (QED) is 0.789. The fourth-order valence-electron chi connectivity index (χ4n) is 3.36. The topological polar surface area (TPSA) is 54.2 Å². The first-order chi connectivity index (χ1) is 11.1. The molecule has 118 valence electrons. The number of hydrogen-bond donors (Lipinski definition) is 1. The maximum absolute atomic E-state index is 13.2. The van der Waals surface area contributed by atoms with E-state index in [9.17, 15) is 9.50 Å². The zero-order valence-corrected chi connectivity index (χ0v) is 12.7. The Morgan fingerprint density at radius 1 is 1.22 bits per heavy atom. The van der Waals surface area contributed by atoms with Crippen LogP contribution in [0.1, 0.15) is 18.0 Å². The molecule has 1 aromatic carbocycles. The highest BCUT2D eigenvalue weighted by molar-refractivity contribution is 5.89. The fourth-order valence-corrected chi connectivity index (χ4v) is 3.36. The van der Waals surface area contributed by atoms with Crippen molar-refractivity contribution in [3.05, 3.63) is 54.1 Å². The van der Waals surface area contributed by atoms with Gasteiger partial charge in [-0.05, 0) is 30.2 Å². The van der Waals surface area contributed by atoms with Crippen molar-refractivity contribution in [2.75, 3.05) is 11.4 Å². The highest BCUT2D eigenvalue weighted by atomic mass is 19.1. The molecule has 1 aliphatic rings. The van der Waals surface area contributed by atoms with Gasteiger partial charge in [0.2, 0.25) is 0 Å². The summed E-state index contributed by atoms with van der Waals surface area (Å²) in [5, 5.41) is 15.4. The molecule has 3 heterocycles. The van der Waals surface area contributed by atoms with Gasteiger partial charge in [-0.3, -0.25) is 4.68 Å². The summed E-state index contributed by atoms with van der Waals surface area (Å²) in [4.78, 5) is 6.52. The third-order valence-electron chi connectivity index (χ3n) is 4.46. The van der Waals surface area contributed by atoms with Crippen molar-refractivity contribution >= 4 is 16.7 Å². The van der Waals surface area contributed by atoms with Crippen LogP contribution < -0.4 is 4.90 Å². The summed E-state index contributed by atoms with van der Waals surface area (Å²) in [6.45, 7) is 0.538. The van der Waals surface area contributed by atoms with Crippen molar-refractivity contribution in [2.24, 2.45) is 7.05 Å². The van der Waals surface area contributed by atoms with Crippen LogP contribution >= 0.6 is 0 Å². The lowest BCUT2D eigenvalue weighted by Gasteiger charge is -2.27. The van der Waals surface area contributed by atoms with E-state index in [0.29, 0.717) is 13.0 Å². The predicted molar refractivity (Wildman–Crippen MR) is 85.6 cm³/mol. The monoisotopic (exact) mass is 312 g/mol. The highest BCUT2D eigenvalue weighted by Crippen LogP contribution is 2.38. The van der Waals surface area contributed by atoms with E-state index in [-0.39, 0.29) is 11.9 Å². The molecule has 1 aliphatic heterocycles. The molecule has 0 unspecified atom stereocenters. The van der Waals surface area contributed by atoms with Crippen molar-refractivity contribution in [1.29, 1.82) is 0 Å². The number of halogens is 1. The summed E-state index contributed by atoms with van der Waals surface area (Å²) in [5.74, 6) is -0.252. The van der Waals surface area contributed by atoms with Gasteiger partial charge < -0.3 is 10.0 Å². The summed E-state index contributed by atoms with van der Waals surface area (Å²) in [5.41, 5.74) is 2.80. The maximum Gasteiger partial charge on any atom is 0.159 e. The van der Waals surface area contributed by atoms with Gasteiger partial charge in [0.15, 0.2) is 5.65 Å². The van der Waals surface area contributed by atoms with Crippen LogP contribution in [0.25, 0.3) is 11.0 Å². The first-order valence-corrected chi connectivity index (χ1v) is 7.60. The summed E-state index contributed by atoms with van der Waals surface area (Å²) >= 11 is 0.